The average Bonchev–Trinajstić information content (AvgIpc) is 3.55. The third kappa shape index (κ3) is 4.90. The summed E-state index contributed by atoms with van der Waals surface area (Å²) in [6.45, 7) is 0. The normalized spacial score (nSPS) is 11.3. The zero-order valence-electron chi connectivity index (χ0n) is 26.1. The second-order valence-corrected chi connectivity index (χ2v) is 12.0. The second kappa shape index (κ2) is 11.7. The Morgan fingerprint density at radius 2 is 1.02 bits per heavy atom. The van der Waals surface area contributed by atoms with Crippen LogP contribution in [0.2, 0.25) is 0 Å². The molecule has 0 atom stereocenters. The molecule has 0 bridgehead atoms. The number of anilines is 3. The lowest BCUT2D eigenvalue weighted by molar-refractivity contribution is 0.668. The van der Waals surface area contributed by atoms with Crippen molar-refractivity contribution in [2.75, 3.05) is 4.90 Å². The zero-order chi connectivity index (χ0) is 31.9. The van der Waals surface area contributed by atoms with E-state index in [2.05, 4.69) is 169 Å². The fourth-order valence-corrected chi connectivity index (χ4v) is 6.77. The van der Waals surface area contributed by atoms with Crippen LogP contribution in [0.4, 0.5) is 17.1 Å². The molecule has 2 aromatic heterocycles. The number of furan rings is 1. The summed E-state index contributed by atoms with van der Waals surface area (Å²) in [4.78, 5) is 7.34. The number of para-hydroxylation sites is 1. The van der Waals surface area contributed by atoms with Crippen LogP contribution in [0.1, 0.15) is 0 Å². The van der Waals surface area contributed by atoms with E-state index < -0.39 is 0 Å². The van der Waals surface area contributed by atoms with Gasteiger partial charge in [-0.3, -0.25) is 0 Å². The van der Waals surface area contributed by atoms with Gasteiger partial charge in [0.05, 0.1) is 23.0 Å². The van der Waals surface area contributed by atoms with E-state index in [1.807, 2.05) is 18.3 Å². The van der Waals surface area contributed by atoms with Crippen LogP contribution in [0.15, 0.2) is 187 Å². The van der Waals surface area contributed by atoms with Gasteiger partial charge in [-0.25, -0.2) is 4.98 Å². The molecule has 0 unspecified atom stereocenters. The molecule has 226 valence electrons. The van der Waals surface area contributed by atoms with Crippen molar-refractivity contribution in [3.63, 3.8) is 0 Å². The molecule has 0 aliphatic rings. The Morgan fingerprint density at radius 1 is 0.438 bits per heavy atom. The summed E-state index contributed by atoms with van der Waals surface area (Å²) in [5.41, 5.74) is 12.5. The molecule has 0 aliphatic carbocycles. The van der Waals surface area contributed by atoms with Crippen LogP contribution in [0, 0.1) is 0 Å². The van der Waals surface area contributed by atoms with Crippen molar-refractivity contribution < 1.29 is 4.42 Å². The number of hydrogen-bond acceptors (Lipinski definition) is 3. The summed E-state index contributed by atoms with van der Waals surface area (Å²) in [5, 5.41) is 3.37. The van der Waals surface area contributed by atoms with E-state index in [1.165, 1.54) is 22.1 Å². The third-order valence-electron chi connectivity index (χ3n) is 9.12. The lowest BCUT2D eigenvalue weighted by Gasteiger charge is -2.27. The number of hydrogen-bond donors (Lipinski definition) is 0. The number of nitrogens with zero attached hydrogens (tertiary/aromatic N) is 2. The SMILES string of the molecule is c1ccc(-c2ccc(-c3ccc(N(c4cnc5c(c4)oc4ccc6ccccc6c45)c4ccccc4-c4ccccc4)cc3)cc2)cc1. The average molecular weight is 615 g/mol. The highest BCUT2D eigenvalue weighted by Gasteiger charge is 2.20. The molecule has 0 saturated carbocycles. The molecule has 0 saturated heterocycles. The Balaban J connectivity index is 1.17. The van der Waals surface area contributed by atoms with Crippen molar-refractivity contribution in [1.82, 2.24) is 4.98 Å². The third-order valence-corrected chi connectivity index (χ3v) is 9.12. The van der Waals surface area contributed by atoms with Crippen molar-refractivity contribution in [3.05, 3.63) is 182 Å². The zero-order valence-corrected chi connectivity index (χ0v) is 26.1. The number of rotatable bonds is 6. The number of aromatic nitrogens is 1. The highest BCUT2D eigenvalue weighted by molar-refractivity contribution is 6.17. The molecular formula is C45H30N2O. The maximum Gasteiger partial charge on any atom is 0.155 e. The topological polar surface area (TPSA) is 29.3 Å². The van der Waals surface area contributed by atoms with Crippen molar-refractivity contribution in [3.8, 4) is 33.4 Å². The molecule has 0 radical (unpaired) electrons. The van der Waals surface area contributed by atoms with E-state index in [0.29, 0.717) is 0 Å². The maximum atomic E-state index is 6.47. The molecule has 9 rings (SSSR count). The van der Waals surface area contributed by atoms with Gasteiger partial charge in [-0.05, 0) is 62.9 Å². The van der Waals surface area contributed by atoms with Gasteiger partial charge >= 0.3 is 0 Å². The highest BCUT2D eigenvalue weighted by atomic mass is 16.3. The van der Waals surface area contributed by atoms with Gasteiger partial charge in [-0.2, -0.15) is 0 Å². The molecule has 0 amide bonds. The standard InChI is InChI=1S/C45H30N2O/c1-3-11-31(12-4-1)32-19-21-33(22-20-32)34-23-26-37(27-24-34)47(41-18-10-9-16-39(41)35-13-5-2-6-14-35)38-29-43-45(46-30-38)44-40-17-8-7-15-36(40)25-28-42(44)48-43/h1-30H. The van der Waals surface area contributed by atoms with Crippen LogP contribution in [0.25, 0.3) is 66.2 Å². The first-order chi connectivity index (χ1) is 23.8. The van der Waals surface area contributed by atoms with Gasteiger partial charge in [0.25, 0.3) is 0 Å². The molecule has 3 nitrogen and oxygen atoms in total. The van der Waals surface area contributed by atoms with Crippen LogP contribution in [-0.2, 0) is 0 Å². The van der Waals surface area contributed by atoms with Gasteiger partial charge in [0, 0.05) is 17.3 Å². The Labute approximate surface area is 279 Å². The van der Waals surface area contributed by atoms with Crippen molar-refractivity contribution in [1.29, 1.82) is 0 Å². The molecule has 2 heterocycles. The van der Waals surface area contributed by atoms with E-state index >= 15 is 0 Å². The van der Waals surface area contributed by atoms with Crippen LogP contribution >= 0.6 is 0 Å². The molecule has 9 aromatic rings. The summed E-state index contributed by atoms with van der Waals surface area (Å²) < 4.78 is 6.47. The first-order valence-corrected chi connectivity index (χ1v) is 16.2. The van der Waals surface area contributed by atoms with Gasteiger partial charge in [0.1, 0.15) is 11.1 Å². The predicted molar refractivity (Wildman–Crippen MR) is 200 cm³/mol. The molecular weight excluding hydrogens is 585 g/mol. The monoisotopic (exact) mass is 614 g/mol. The maximum absolute atomic E-state index is 6.47. The van der Waals surface area contributed by atoms with Crippen LogP contribution in [0.5, 0.6) is 0 Å². The smallest absolute Gasteiger partial charge is 0.155 e. The Kier molecular flexibility index (Phi) is 6.80. The Morgan fingerprint density at radius 3 is 1.75 bits per heavy atom. The van der Waals surface area contributed by atoms with E-state index in [0.717, 1.165) is 61.2 Å². The minimum absolute atomic E-state index is 0.760. The van der Waals surface area contributed by atoms with Crippen molar-refractivity contribution in [2.24, 2.45) is 0 Å². The summed E-state index contributed by atoms with van der Waals surface area (Å²) in [5.74, 6) is 0. The minimum Gasteiger partial charge on any atom is -0.454 e. The largest absolute Gasteiger partial charge is 0.454 e. The number of pyridine rings is 1. The summed E-state index contributed by atoms with van der Waals surface area (Å²) in [6, 6.07) is 61.8. The summed E-state index contributed by atoms with van der Waals surface area (Å²) >= 11 is 0. The van der Waals surface area contributed by atoms with E-state index in [1.54, 1.807) is 0 Å². The first-order valence-electron chi connectivity index (χ1n) is 16.2. The molecule has 0 fully saturated rings. The van der Waals surface area contributed by atoms with E-state index in [4.69, 9.17) is 9.40 Å². The molecule has 0 aliphatic heterocycles. The highest BCUT2D eigenvalue weighted by Crippen LogP contribution is 2.43. The van der Waals surface area contributed by atoms with Gasteiger partial charge in [-0.15, -0.1) is 0 Å². The lowest BCUT2D eigenvalue weighted by atomic mass is 9.99. The van der Waals surface area contributed by atoms with Crippen LogP contribution < -0.4 is 4.90 Å². The summed E-state index contributed by atoms with van der Waals surface area (Å²) in [6.07, 6.45) is 1.97. The molecule has 0 spiro atoms. The first kappa shape index (κ1) is 27.8. The quantitative estimate of drug-likeness (QED) is 0.187. The van der Waals surface area contributed by atoms with Gasteiger partial charge in [0.15, 0.2) is 5.58 Å². The lowest BCUT2D eigenvalue weighted by Crippen LogP contribution is -2.11. The van der Waals surface area contributed by atoms with E-state index in [9.17, 15) is 0 Å². The predicted octanol–water partition coefficient (Wildman–Crippen LogP) is 12.6. The molecule has 7 aromatic carbocycles. The van der Waals surface area contributed by atoms with Gasteiger partial charge < -0.3 is 9.32 Å². The van der Waals surface area contributed by atoms with E-state index in [-0.39, 0.29) is 0 Å². The van der Waals surface area contributed by atoms with Crippen molar-refractivity contribution in [2.45, 2.75) is 0 Å². The molecule has 48 heavy (non-hydrogen) atoms. The number of benzene rings is 7. The van der Waals surface area contributed by atoms with Crippen LogP contribution in [-0.4, -0.2) is 4.98 Å². The van der Waals surface area contributed by atoms with Crippen LogP contribution in [0.3, 0.4) is 0 Å². The van der Waals surface area contributed by atoms with Gasteiger partial charge in [0.2, 0.25) is 0 Å². The fraction of sp³-hybridized carbons (Fsp3) is 0. The molecule has 3 heteroatoms. The number of fused-ring (bicyclic) bond motifs is 5. The van der Waals surface area contributed by atoms with Gasteiger partial charge in [-0.1, -0.05) is 146 Å². The fourth-order valence-electron chi connectivity index (χ4n) is 6.77. The second-order valence-electron chi connectivity index (χ2n) is 12.0. The Hall–Kier alpha value is -6.45. The molecule has 0 N–H and O–H groups in total. The Bertz CT molecular complexity index is 2540. The van der Waals surface area contributed by atoms with Crippen molar-refractivity contribution >= 4 is 49.9 Å². The summed E-state index contributed by atoms with van der Waals surface area (Å²) in [7, 11) is 0. The minimum atomic E-state index is 0.760.